The highest BCUT2D eigenvalue weighted by Crippen LogP contribution is 2.33. The second kappa shape index (κ2) is 7.45. The van der Waals surface area contributed by atoms with Crippen molar-refractivity contribution in [3.63, 3.8) is 0 Å². The number of hydrogen-bond donors (Lipinski definition) is 0. The molecule has 0 unspecified atom stereocenters. The first kappa shape index (κ1) is 17.8. The molecule has 0 aliphatic heterocycles. The number of nitro groups is 1. The van der Waals surface area contributed by atoms with E-state index >= 15 is 0 Å². The molecule has 0 fully saturated rings. The lowest BCUT2D eigenvalue weighted by Gasteiger charge is -2.10. The van der Waals surface area contributed by atoms with Crippen molar-refractivity contribution in [1.29, 1.82) is 0 Å². The van der Waals surface area contributed by atoms with Crippen LogP contribution in [0.4, 0.5) is 5.69 Å². The van der Waals surface area contributed by atoms with Gasteiger partial charge >= 0.3 is 0 Å². The molecule has 0 bridgehead atoms. The first-order valence-electron chi connectivity index (χ1n) is 7.76. The molecule has 2 aromatic carbocycles. The van der Waals surface area contributed by atoms with Crippen molar-refractivity contribution in [2.45, 2.75) is 13.5 Å². The molecule has 1 heterocycles. The molecule has 26 heavy (non-hydrogen) atoms. The Balaban J connectivity index is 1.88. The Hall–Kier alpha value is -3.06. The molecule has 0 amide bonds. The average molecular weight is 374 g/mol. The average Bonchev–Trinajstić information content (AvgIpc) is 2.94. The maximum absolute atomic E-state index is 11.0. The molecular weight excluding hydrogens is 358 g/mol. The maximum Gasteiger partial charge on any atom is 0.273 e. The second-order valence-electron chi connectivity index (χ2n) is 5.48. The summed E-state index contributed by atoms with van der Waals surface area (Å²) in [7, 11) is 1.47. The molecular formula is C18H16ClN3O4. The molecule has 0 saturated heterocycles. The van der Waals surface area contributed by atoms with Crippen molar-refractivity contribution >= 4 is 17.3 Å². The van der Waals surface area contributed by atoms with Gasteiger partial charge in [0.2, 0.25) is 0 Å². The lowest BCUT2D eigenvalue weighted by Crippen LogP contribution is -2.00. The molecule has 0 radical (unpaired) electrons. The number of halogens is 1. The van der Waals surface area contributed by atoms with Crippen LogP contribution in [0.1, 0.15) is 11.3 Å². The third-order valence-corrected chi connectivity index (χ3v) is 4.24. The summed E-state index contributed by atoms with van der Waals surface area (Å²) in [6.45, 7) is 1.93. The molecule has 0 spiro atoms. The van der Waals surface area contributed by atoms with Crippen LogP contribution in [0.15, 0.2) is 48.5 Å². The van der Waals surface area contributed by atoms with Gasteiger partial charge in [-0.1, -0.05) is 29.8 Å². The molecule has 0 N–H and O–H groups in total. The van der Waals surface area contributed by atoms with Gasteiger partial charge in [0, 0.05) is 11.6 Å². The summed E-state index contributed by atoms with van der Waals surface area (Å²) in [5.74, 6) is 0.671. The molecule has 3 aromatic rings. The molecule has 0 aliphatic carbocycles. The number of ether oxygens (including phenoxy) is 2. The van der Waals surface area contributed by atoms with Gasteiger partial charge in [-0.3, -0.25) is 10.1 Å². The normalized spacial score (nSPS) is 10.6. The molecule has 1 aromatic heterocycles. The summed E-state index contributed by atoms with van der Waals surface area (Å²) in [4.78, 5) is 10.5. The third-order valence-electron chi connectivity index (χ3n) is 3.85. The number of hydrogen-bond acceptors (Lipinski definition) is 5. The molecule has 0 saturated carbocycles. The van der Waals surface area contributed by atoms with Crippen LogP contribution < -0.4 is 9.47 Å². The lowest BCUT2D eigenvalue weighted by atomic mass is 10.2. The Morgan fingerprint density at radius 2 is 1.92 bits per heavy atom. The van der Waals surface area contributed by atoms with E-state index in [0.29, 0.717) is 22.2 Å². The number of benzene rings is 2. The standard InChI is InChI=1S/C18H16ClN3O4/c1-12-15(18(19)21(20-12)13-6-4-3-5-7-13)11-26-17-10-14(22(23)24)8-9-16(17)25-2/h3-10H,11H2,1-2H3. The zero-order valence-corrected chi connectivity index (χ0v) is 14.9. The van der Waals surface area contributed by atoms with Gasteiger partial charge in [-0.15, -0.1) is 0 Å². The van der Waals surface area contributed by atoms with Crippen LogP contribution in [0.5, 0.6) is 11.5 Å². The minimum absolute atomic E-state index is 0.0800. The minimum atomic E-state index is -0.488. The molecule has 134 valence electrons. The van der Waals surface area contributed by atoms with Crippen LogP contribution in [-0.4, -0.2) is 21.8 Å². The highest BCUT2D eigenvalue weighted by Gasteiger charge is 2.17. The van der Waals surface area contributed by atoms with Crippen molar-refractivity contribution in [2.24, 2.45) is 0 Å². The van der Waals surface area contributed by atoms with Crippen LogP contribution >= 0.6 is 11.6 Å². The summed E-state index contributed by atoms with van der Waals surface area (Å²) < 4.78 is 12.6. The minimum Gasteiger partial charge on any atom is -0.493 e. The smallest absolute Gasteiger partial charge is 0.273 e. The van der Waals surface area contributed by atoms with Gasteiger partial charge < -0.3 is 9.47 Å². The van der Waals surface area contributed by atoms with E-state index in [0.717, 1.165) is 5.69 Å². The van der Waals surface area contributed by atoms with Crippen LogP contribution in [-0.2, 0) is 6.61 Å². The zero-order valence-electron chi connectivity index (χ0n) is 14.2. The summed E-state index contributed by atoms with van der Waals surface area (Å²) in [5.41, 5.74) is 2.16. The topological polar surface area (TPSA) is 79.4 Å². The number of non-ortho nitro benzene ring substituents is 1. The van der Waals surface area contributed by atoms with E-state index in [1.807, 2.05) is 37.3 Å². The quantitative estimate of drug-likeness (QED) is 0.474. The van der Waals surface area contributed by atoms with Gasteiger partial charge in [-0.25, -0.2) is 4.68 Å². The number of aromatic nitrogens is 2. The fourth-order valence-electron chi connectivity index (χ4n) is 2.48. The number of nitrogens with zero attached hydrogens (tertiary/aromatic N) is 3. The third kappa shape index (κ3) is 3.48. The predicted octanol–water partition coefficient (Wildman–Crippen LogP) is 4.33. The Labute approximate surface area is 154 Å². The second-order valence-corrected chi connectivity index (χ2v) is 5.84. The first-order valence-corrected chi connectivity index (χ1v) is 8.13. The van der Waals surface area contributed by atoms with E-state index in [4.69, 9.17) is 21.1 Å². The van der Waals surface area contributed by atoms with Crippen molar-refractivity contribution in [1.82, 2.24) is 9.78 Å². The van der Waals surface area contributed by atoms with E-state index in [-0.39, 0.29) is 18.0 Å². The van der Waals surface area contributed by atoms with Gasteiger partial charge in [0.05, 0.1) is 29.5 Å². The van der Waals surface area contributed by atoms with Crippen molar-refractivity contribution < 1.29 is 14.4 Å². The summed E-state index contributed by atoms with van der Waals surface area (Å²) >= 11 is 6.47. The van der Waals surface area contributed by atoms with E-state index in [2.05, 4.69) is 5.10 Å². The fraction of sp³-hybridized carbons (Fsp3) is 0.167. The number of para-hydroxylation sites is 1. The number of rotatable bonds is 6. The Morgan fingerprint density at radius 1 is 1.19 bits per heavy atom. The van der Waals surface area contributed by atoms with E-state index in [1.165, 1.54) is 25.3 Å². The largest absolute Gasteiger partial charge is 0.493 e. The highest BCUT2D eigenvalue weighted by atomic mass is 35.5. The zero-order chi connectivity index (χ0) is 18.7. The monoisotopic (exact) mass is 373 g/mol. The first-order chi connectivity index (χ1) is 12.5. The Morgan fingerprint density at radius 3 is 2.58 bits per heavy atom. The number of methoxy groups -OCH3 is 1. The molecule has 0 aliphatic rings. The molecule has 8 heteroatoms. The predicted molar refractivity (Wildman–Crippen MR) is 97.3 cm³/mol. The van der Waals surface area contributed by atoms with Gasteiger partial charge in [-0.2, -0.15) is 5.10 Å². The summed E-state index contributed by atoms with van der Waals surface area (Å²) in [6, 6.07) is 13.7. The van der Waals surface area contributed by atoms with Crippen molar-refractivity contribution in [3.8, 4) is 17.2 Å². The molecule has 3 rings (SSSR count). The van der Waals surface area contributed by atoms with Crippen molar-refractivity contribution in [2.75, 3.05) is 7.11 Å². The summed E-state index contributed by atoms with van der Waals surface area (Å²) in [5, 5.41) is 15.8. The van der Waals surface area contributed by atoms with Crippen LogP contribution in [0.25, 0.3) is 5.69 Å². The fourth-order valence-corrected chi connectivity index (χ4v) is 2.80. The SMILES string of the molecule is COc1ccc([N+](=O)[O-])cc1OCc1c(C)nn(-c2ccccc2)c1Cl. The van der Waals surface area contributed by atoms with Gasteiger partial charge in [-0.05, 0) is 25.1 Å². The van der Waals surface area contributed by atoms with E-state index in [1.54, 1.807) is 4.68 Å². The van der Waals surface area contributed by atoms with Crippen LogP contribution in [0.3, 0.4) is 0 Å². The number of nitro benzene ring substituents is 1. The lowest BCUT2D eigenvalue weighted by molar-refractivity contribution is -0.385. The number of aryl methyl sites for hydroxylation is 1. The maximum atomic E-state index is 11.0. The molecule has 7 nitrogen and oxygen atoms in total. The Kier molecular flexibility index (Phi) is 5.09. The van der Waals surface area contributed by atoms with Crippen LogP contribution in [0.2, 0.25) is 5.15 Å². The summed E-state index contributed by atoms with van der Waals surface area (Å²) in [6.07, 6.45) is 0. The van der Waals surface area contributed by atoms with Gasteiger partial charge in [0.15, 0.2) is 11.5 Å². The van der Waals surface area contributed by atoms with Gasteiger partial charge in [0.1, 0.15) is 11.8 Å². The molecule has 0 atom stereocenters. The van der Waals surface area contributed by atoms with E-state index < -0.39 is 4.92 Å². The Bertz CT molecular complexity index is 941. The van der Waals surface area contributed by atoms with Gasteiger partial charge in [0.25, 0.3) is 5.69 Å². The highest BCUT2D eigenvalue weighted by molar-refractivity contribution is 6.30. The van der Waals surface area contributed by atoms with Crippen molar-refractivity contribution in [3.05, 3.63) is 75.1 Å². The van der Waals surface area contributed by atoms with E-state index in [9.17, 15) is 10.1 Å². The van der Waals surface area contributed by atoms with Crippen LogP contribution in [0, 0.1) is 17.0 Å².